The SMILES string of the molecule is Cc1cn2ncc(Cl)c2c(NN)c1Cl. The molecule has 0 amide bonds. The molecular formula is C8H8Cl2N4. The van der Waals surface area contributed by atoms with E-state index in [2.05, 4.69) is 10.5 Å². The molecular weight excluding hydrogens is 223 g/mol. The normalized spacial score (nSPS) is 10.9. The van der Waals surface area contributed by atoms with Gasteiger partial charge in [-0.05, 0) is 12.5 Å². The standard InChI is InChI=1S/C8H8Cl2N4/c1-4-3-14-8(5(9)2-12-14)7(13-11)6(4)10/h2-3,13H,11H2,1H3. The van der Waals surface area contributed by atoms with Gasteiger partial charge in [0.25, 0.3) is 0 Å². The number of rotatable bonds is 1. The molecule has 0 unspecified atom stereocenters. The summed E-state index contributed by atoms with van der Waals surface area (Å²) in [4.78, 5) is 0. The summed E-state index contributed by atoms with van der Waals surface area (Å²) >= 11 is 12.0. The molecule has 6 heteroatoms. The van der Waals surface area contributed by atoms with Crippen LogP contribution in [0, 0.1) is 6.92 Å². The van der Waals surface area contributed by atoms with Crippen molar-refractivity contribution in [1.29, 1.82) is 0 Å². The molecule has 74 valence electrons. The minimum Gasteiger partial charge on any atom is -0.321 e. The molecule has 0 aliphatic rings. The lowest BCUT2D eigenvalue weighted by atomic mass is 10.2. The summed E-state index contributed by atoms with van der Waals surface area (Å²) in [5.74, 6) is 5.38. The van der Waals surface area contributed by atoms with E-state index in [1.165, 1.54) is 0 Å². The lowest BCUT2D eigenvalue weighted by Crippen LogP contribution is -2.09. The first-order valence-electron chi connectivity index (χ1n) is 3.93. The number of pyridine rings is 1. The first-order chi connectivity index (χ1) is 6.65. The van der Waals surface area contributed by atoms with Crippen LogP contribution in [0.5, 0.6) is 0 Å². The highest BCUT2D eigenvalue weighted by Gasteiger charge is 2.12. The third-order valence-electron chi connectivity index (χ3n) is 2.01. The summed E-state index contributed by atoms with van der Waals surface area (Å²) in [6.45, 7) is 1.87. The summed E-state index contributed by atoms with van der Waals surface area (Å²) in [7, 11) is 0. The molecule has 0 fully saturated rings. The van der Waals surface area contributed by atoms with Crippen molar-refractivity contribution in [2.75, 3.05) is 5.43 Å². The molecule has 0 saturated heterocycles. The smallest absolute Gasteiger partial charge is 0.111 e. The number of nitrogens with two attached hydrogens (primary N) is 1. The zero-order chi connectivity index (χ0) is 10.3. The highest BCUT2D eigenvalue weighted by atomic mass is 35.5. The van der Waals surface area contributed by atoms with E-state index in [4.69, 9.17) is 29.0 Å². The van der Waals surface area contributed by atoms with Gasteiger partial charge in [-0.25, -0.2) is 4.52 Å². The van der Waals surface area contributed by atoms with Crippen molar-refractivity contribution in [2.45, 2.75) is 6.92 Å². The van der Waals surface area contributed by atoms with E-state index in [9.17, 15) is 0 Å². The average Bonchev–Trinajstić information content (AvgIpc) is 2.50. The van der Waals surface area contributed by atoms with Gasteiger partial charge in [-0.1, -0.05) is 23.2 Å². The van der Waals surface area contributed by atoms with E-state index < -0.39 is 0 Å². The highest BCUT2D eigenvalue weighted by molar-refractivity contribution is 6.38. The second-order valence-electron chi connectivity index (χ2n) is 2.93. The van der Waals surface area contributed by atoms with E-state index in [0.29, 0.717) is 21.2 Å². The zero-order valence-electron chi connectivity index (χ0n) is 7.38. The Bertz CT molecular complexity index is 492. The fourth-order valence-electron chi connectivity index (χ4n) is 1.35. The maximum absolute atomic E-state index is 6.06. The number of aromatic nitrogens is 2. The number of hydrogen-bond acceptors (Lipinski definition) is 3. The van der Waals surface area contributed by atoms with E-state index in [-0.39, 0.29) is 0 Å². The van der Waals surface area contributed by atoms with Crippen LogP contribution in [0.25, 0.3) is 5.52 Å². The van der Waals surface area contributed by atoms with Gasteiger partial charge >= 0.3 is 0 Å². The Morgan fingerprint density at radius 3 is 2.86 bits per heavy atom. The van der Waals surface area contributed by atoms with E-state index in [1.54, 1.807) is 16.9 Å². The number of hydrogen-bond donors (Lipinski definition) is 2. The lowest BCUT2D eigenvalue weighted by Gasteiger charge is -2.08. The summed E-state index contributed by atoms with van der Waals surface area (Å²) in [5, 5.41) is 5.13. The molecule has 0 aromatic carbocycles. The van der Waals surface area contributed by atoms with Crippen LogP contribution in [0.15, 0.2) is 12.4 Å². The Kier molecular flexibility index (Phi) is 2.26. The monoisotopic (exact) mass is 230 g/mol. The Hall–Kier alpha value is -0.970. The Labute approximate surface area is 90.6 Å². The maximum Gasteiger partial charge on any atom is 0.111 e. The van der Waals surface area contributed by atoms with Gasteiger partial charge < -0.3 is 5.43 Å². The molecule has 3 N–H and O–H groups in total. The third kappa shape index (κ3) is 1.23. The summed E-state index contributed by atoms with van der Waals surface area (Å²) in [5.41, 5.74) is 4.69. The van der Waals surface area contributed by atoms with Gasteiger partial charge in [0.1, 0.15) is 5.52 Å². The predicted octanol–water partition coefficient (Wildman–Crippen LogP) is 2.24. The van der Waals surface area contributed by atoms with Crippen molar-refractivity contribution >= 4 is 34.4 Å². The molecule has 2 heterocycles. The molecule has 0 atom stereocenters. The molecule has 0 radical (unpaired) electrons. The second kappa shape index (κ2) is 3.31. The van der Waals surface area contributed by atoms with Crippen molar-refractivity contribution in [3.63, 3.8) is 0 Å². The van der Waals surface area contributed by atoms with Crippen LogP contribution in [-0.2, 0) is 0 Å². The van der Waals surface area contributed by atoms with E-state index >= 15 is 0 Å². The lowest BCUT2D eigenvalue weighted by molar-refractivity contribution is 0.951. The van der Waals surface area contributed by atoms with Crippen molar-refractivity contribution in [1.82, 2.24) is 9.61 Å². The number of aryl methyl sites for hydroxylation is 1. The Morgan fingerprint density at radius 1 is 1.50 bits per heavy atom. The number of anilines is 1. The molecule has 0 spiro atoms. The number of hydrazine groups is 1. The number of halogens is 2. The van der Waals surface area contributed by atoms with E-state index in [1.807, 2.05) is 6.92 Å². The molecule has 0 saturated carbocycles. The molecule has 2 aromatic rings. The molecule has 14 heavy (non-hydrogen) atoms. The van der Waals surface area contributed by atoms with Crippen LogP contribution in [0.3, 0.4) is 0 Å². The number of nitrogens with one attached hydrogen (secondary N) is 1. The van der Waals surface area contributed by atoms with Gasteiger partial charge in [-0.3, -0.25) is 5.84 Å². The molecule has 0 aliphatic heterocycles. The van der Waals surface area contributed by atoms with Crippen molar-refractivity contribution in [3.8, 4) is 0 Å². The summed E-state index contributed by atoms with van der Waals surface area (Å²) < 4.78 is 1.64. The van der Waals surface area contributed by atoms with Crippen LogP contribution in [0.1, 0.15) is 5.56 Å². The quantitative estimate of drug-likeness (QED) is 0.584. The molecule has 2 rings (SSSR count). The minimum absolute atomic E-state index is 0.514. The number of nitrogen functional groups attached to an aromatic ring is 1. The Morgan fingerprint density at radius 2 is 2.21 bits per heavy atom. The van der Waals surface area contributed by atoms with E-state index in [0.717, 1.165) is 5.56 Å². The van der Waals surface area contributed by atoms with Gasteiger partial charge in [0.05, 0.1) is 21.9 Å². The molecule has 0 bridgehead atoms. The number of fused-ring (bicyclic) bond motifs is 1. The highest BCUT2D eigenvalue weighted by Crippen LogP contribution is 2.33. The number of nitrogens with zero attached hydrogens (tertiary/aromatic N) is 2. The molecule has 4 nitrogen and oxygen atoms in total. The third-order valence-corrected chi connectivity index (χ3v) is 2.78. The van der Waals surface area contributed by atoms with Gasteiger partial charge in [-0.2, -0.15) is 5.10 Å². The first kappa shape index (κ1) is 9.58. The van der Waals surface area contributed by atoms with Crippen LogP contribution in [-0.4, -0.2) is 9.61 Å². The molecule has 2 aromatic heterocycles. The van der Waals surface area contributed by atoms with Crippen LogP contribution >= 0.6 is 23.2 Å². The average molecular weight is 231 g/mol. The van der Waals surface area contributed by atoms with Crippen LogP contribution in [0.4, 0.5) is 5.69 Å². The second-order valence-corrected chi connectivity index (χ2v) is 3.72. The van der Waals surface area contributed by atoms with Crippen LogP contribution < -0.4 is 11.3 Å². The van der Waals surface area contributed by atoms with Gasteiger partial charge in [0.15, 0.2) is 0 Å². The van der Waals surface area contributed by atoms with Gasteiger partial charge in [-0.15, -0.1) is 0 Å². The minimum atomic E-state index is 0.514. The van der Waals surface area contributed by atoms with Gasteiger partial charge in [0, 0.05) is 6.20 Å². The zero-order valence-corrected chi connectivity index (χ0v) is 8.89. The Balaban J connectivity index is 2.92. The van der Waals surface area contributed by atoms with Crippen molar-refractivity contribution in [3.05, 3.63) is 28.0 Å². The fraction of sp³-hybridized carbons (Fsp3) is 0.125. The maximum atomic E-state index is 6.06. The first-order valence-corrected chi connectivity index (χ1v) is 4.69. The predicted molar refractivity (Wildman–Crippen MR) is 57.8 cm³/mol. The molecule has 0 aliphatic carbocycles. The van der Waals surface area contributed by atoms with Gasteiger partial charge in [0.2, 0.25) is 0 Å². The van der Waals surface area contributed by atoms with Crippen molar-refractivity contribution in [2.24, 2.45) is 5.84 Å². The largest absolute Gasteiger partial charge is 0.321 e. The topological polar surface area (TPSA) is 55.3 Å². The van der Waals surface area contributed by atoms with Crippen LogP contribution in [0.2, 0.25) is 10.0 Å². The fourth-order valence-corrected chi connectivity index (χ4v) is 1.76. The summed E-state index contributed by atoms with van der Waals surface area (Å²) in [6.07, 6.45) is 3.35. The van der Waals surface area contributed by atoms with Crippen molar-refractivity contribution < 1.29 is 0 Å². The summed E-state index contributed by atoms with van der Waals surface area (Å²) in [6, 6.07) is 0.